The van der Waals surface area contributed by atoms with Crippen molar-refractivity contribution in [2.45, 2.75) is 12.5 Å². The molecule has 0 saturated carbocycles. The summed E-state index contributed by atoms with van der Waals surface area (Å²) in [6, 6.07) is 9.33. The predicted molar refractivity (Wildman–Crippen MR) is 100 cm³/mol. The van der Waals surface area contributed by atoms with E-state index < -0.39 is 0 Å². The zero-order valence-electron chi connectivity index (χ0n) is 15.8. The number of fused-ring (bicyclic) bond motifs is 3. The van der Waals surface area contributed by atoms with Crippen LogP contribution in [-0.2, 0) is 11.2 Å². The second-order valence-electron chi connectivity index (χ2n) is 6.95. The molecule has 2 aromatic rings. The van der Waals surface area contributed by atoms with Crippen LogP contribution in [0.25, 0.3) is 0 Å². The fraction of sp³-hybridized carbons (Fsp3) is 0.333. The average molecular weight is 384 g/mol. The summed E-state index contributed by atoms with van der Waals surface area (Å²) >= 11 is 0. The summed E-state index contributed by atoms with van der Waals surface area (Å²) in [5.41, 5.74) is 2.23. The summed E-state index contributed by atoms with van der Waals surface area (Å²) in [6.07, 6.45) is 0.624. The van der Waals surface area contributed by atoms with E-state index in [9.17, 15) is 14.0 Å². The molecular weight excluding hydrogens is 363 g/mol. The maximum absolute atomic E-state index is 13.6. The molecule has 0 spiro atoms. The Balaban J connectivity index is 1.63. The van der Waals surface area contributed by atoms with Crippen LogP contribution in [0.4, 0.5) is 4.39 Å². The molecule has 0 aromatic heterocycles. The molecule has 28 heavy (non-hydrogen) atoms. The standard InChI is InChI=1S/C21H21FN2O4/c1-27-18-6-3-14(10-19(18)28-2)21(26)23-11-17-16-5-4-15(22)9-13(16)7-8-24(17)20(25)12-23/h3-6,9-10,17H,7-8,11-12H2,1-2H3. The molecule has 146 valence electrons. The molecule has 1 saturated heterocycles. The molecule has 2 aliphatic rings. The number of benzene rings is 2. The van der Waals surface area contributed by atoms with Crippen LogP contribution in [0.3, 0.4) is 0 Å². The minimum atomic E-state index is -0.285. The number of methoxy groups -OCH3 is 2. The monoisotopic (exact) mass is 384 g/mol. The number of hydrogen-bond acceptors (Lipinski definition) is 4. The summed E-state index contributed by atoms with van der Waals surface area (Å²) < 4.78 is 24.1. The Labute approximate surface area is 162 Å². The first-order chi connectivity index (χ1) is 13.5. The van der Waals surface area contributed by atoms with Crippen molar-refractivity contribution in [1.29, 1.82) is 0 Å². The van der Waals surface area contributed by atoms with E-state index in [-0.39, 0.29) is 30.2 Å². The molecule has 6 nitrogen and oxygen atoms in total. The van der Waals surface area contributed by atoms with Gasteiger partial charge in [-0.2, -0.15) is 0 Å². The lowest BCUT2D eigenvalue weighted by Crippen LogP contribution is -2.55. The molecule has 0 radical (unpaired) electrons. The van der Waals surface area contributed by atoms with Gasteiger partial charge >= 0.3 is 0 Å². The molecule has 2 heterocycles. The highest BCUT2D eigenvalue weighted by atomic mass is 19.1. The maximum atomic E-state index is 13.6. The third kappa shape index (κ3) is 3.06. The van der Waals surface area contributed by atoms with Crippen molar-refractivity contribution in [2.75, 3.05) is 33.9 Å². The Kier molecular flexibility index (Phi) is 4.66. The predicted octanol–water partition coefficient (Wildman–Crippen LogP) is 2.42. The van der Waals surface area contributed by atoms with E-state index in [1.165, 1.54) is 26.4 Å². The molecule has 0 bridgehead atoms. The number of carbonyl (C=O) groups is 2. The van der Waals surface area contributed by atoms with Crippen molar-refractivity contribution >= 4 is 11.8 Å². The molecule has 1 unspecified atom stereocenters. The van der Waals surface area contributed by atoms with Gasteiger partial charge in [-0.15, -0.1) is 0 Å². The van der Waals surface area contributed by atoms with Crippen LogP contribution < -0.4 is 9.47 Å². The van der Waals surface area contributed by atoms with E-state index in [2.05, 4.69) is 0 Å². The lowest BCUT2D eigenvalue weighted by molar-refractivity contribution is -0.139. The summed E-state index contributed by atoms with van der Waals surface area (Å²) in [5, 5.41) is 0. The van der Waals surface area contributed by atoms with Gasteiger partial charge in [-0.1, -0.05) is 6.07 Å². The van der Waals surface area contributed by atoms with Crippen LogP contribution in [0.5, 0.6) is 11.5 Å². The van der Waals surface area contributed by atoms with Crippen molar-refractivity contribution < 1.29 is 23.5 Å². The molecule has 1 fully saturated rings. The van der Waals surface area contributed by atoms with Crippen LogP contribution in [0.2, 0.25) is 0 Å². The first-order valence-corrected chi connectivity index (χ1v) is 9.11. The molecule has 2 amide bonds. The zero-order chi connectivity index (χ0) is 19.8. The van der Waals surface area contributed by atoms with Crippen molar-refractivity contribution in [2.24, 2.45) is 0 Å². The second-order valence-corrected chi connectivity index (χ2v) is 6.95. The molecule has 0 N–H and O–H groups in total. The van der Waals surface area contributed by atoms with Crippen molar-refractivity contribution in [3.63, 3.8) is 0 Å². The highest BCUT2D eigenvalue weighted by Crippen LogP contribution is 2.34. The van der Waals surface area contributed by atoms with Crippen molar-refractivity contribution in [1.82, 2.24) is 9.80 Å². The molecule has 2 aromatic carbocycles. The number of ether oxygens (including phenoxy) is 2. The Hall–Kier alpha value is -3.09. The molecule has 1 atom stereocenters. The SMILES string of the molecule is COc1ccc(C(=O)N2CC(=O)N3CCc4cc(F)ccc4C3C2)cc1OC. The third-order valence-corrected chi connectivity index (χ3v) is 5.42. The number of amides is 2. The number of carbonyl (C=O) groups excluding carboxylic acids is 2. The topological polar surface area (TPSA) is 59.1 Å². The van der Waals surface area contributed by atoms with Gasteiger partial charge in [0.1, 0.15) is 12.4 Å². The Morgan fingerprint density at radius 2 is 1.89 bits per heavy atom. The van der Waals surface area contributed by atoms with Crippen LogP contribution >= 0.6 is 0 Å². The third-order valence-electron chi connectivity index (χ3n) is 5.42. The molecule has 2 aliphatic heterocycles. The Morgan fingerprint density at radius 1 is 1.11 bits per heavy atom. The lowest BCUT2D eigenvalue weighted by Gasteiger charge is -2.44. The second kappa shape index (κ2) is 7.14. The quantitative estimate of drug-likeness (QED) is 0.816. The van der Waals surface area contributed by atoms with E-state index in [1.54, 1.807) is 34.1 Å². The lowest BCUT2D eigenvalue weighted by atomic mass is 9.90. The van der Waals surface area contributed by atoms with Gasteiger partial charge in [0.25, 0.3) is 5.91 Å². The summed E-state index contributed by atoms with van der Waals surface area (Å²) in [5.74, 6) is 0.357. The highest BCUT2D eigenvalue weighted by Gasteiger charge is 2.38. The molecule has 4 rings (SSSR count). The Morgan fingerprint density at radius 3 is 2.64 bits per heavy atom. The smallest absolute Gasteiger partial charge is 0.254 e. The van der Waals surface area contributed by atoms with Crippen molar-refractivity contribution in [3.05, 3.63) is 58.9 Å². The number of piperazine rings is 1. The van der Waals surface area contributed by atoms with Gasteiger partial charge in [-0.25, -0.2) is 4.39 Å². The van der Waals surface area contributed by atoms with Gasteiger partial charge in [-0.3, -0.25) is 9.59 Å². The van der Waals surface area contributed by atoms with E-state index in [0.717, 1.165) is 11.1 Å². The van der Waals surface area contributed by atoms with E-state index >= 15 is 0 Å². The van der Waals surface area contributed by atoms with E-state index in [4.69, 9.17) is 9.47 Å². The normalized spacial score (nSPS) is 18.4. The van der Waals surface area contributed by atoms with E-state index in [0.29, 0.717) is 36.6 Å². The molecular formula is C21H21FN2O4. The Bertz CT molecular complexity index is 946. The van der Waals surface area contributed by atoms with Gasteiger partial charge in [0, 0.05) is 18.7 Å². The largest absolute Gasteiger partial charge is 0.493 e. The summed E-state index contributed by atoms with van der Waals surface area (Å²) in [6.45, 7) is 0.941. The zero-order valence-corrected chi connectivity index (χ0v) is 15.8. The fourth-order valence-corrected chi connectivity index (χ4v) is 4.01. The van der Waals surface area contributed by atoms with Gasteiger partial charge in [0.2, 0.25) is 5.91 Å². The van der Waals surface area contributed by atoms with Gasteiger partial charge in [0.05, 0.1) is 20.3 Å². The van der Waals surface area contributed by atoms with Gasteiger partial charge in [0.15, 0.2) is 11.5 Å². The number of halogens is 1. The van der Waals surface area contributed by atoms with Gasteiger partial charge < -0.3 is 19.3 Å². The van der Waals surface area contributed by atoms with Crippen LogP contribution in [-0.4, -0.2) is 55.5 Å². The maximum Gasteiger partial charge on any atom is 0.254 e. The number of hydrogen-bond donors (Lipinski definition) is 0. The highest BCUT2D eigenvalue weighted by molar-refractivity contribution is 5.97. The van der Waals surface area contributed by atoms with E-state index in [1.807, 2.05) is 0 Å². The minimum absolute atomic E-state index is 0.0280. The first-order valence-electron chi connectivity index (χ1n) is 9.11. The first kappa shape index (κ1) is 18.3. The summed E-state index contributed by atoms with van der Waals surface area (Å²) in [7, 11) is 3.03. The average Bonchev–Trinajstić information content (AvgIpc) is 2.72. The minimum Gasteiger partial charge on any atom is -0.493 e. The van der Waals surface area contributed by atoms with Crippen LogP contribution in [0.1, 0.15) is 27.5 Å². The molecule has 7 heteroatoms. The van der Waals surface area contributed by atoms with Gasteiger partial charge in [-0.05, 0) is 47.9 Å². The number of rotatable bonds is 3. The van der Waals surface area contributed by atoms with Crippen LogP contribution in [0.15, 0.2) is 36.4 Å². The number of nitrogens with zero attached hydrogens (tertiary/aromatic N) is 2. The summed E-state index contributed by atoms with van der Waals surface area (Å²) in [4.78, 5) is 29.1. The fourth-order valence-electron chi connectivity index (χ4n) is 4.01. The molecule has 0 aliphatic carbocycles. The van der Waals surface area contributed by atoms with Crippen molar-refractivity contribution in [3.8, 4) is 11.5 Å². The van der Waals surface area contributed by atoms with Crippen LogP contribution in [0, 0.1) is 5.82 Å².